The molecule has 45 heavy (non-hydrogen) atoms. The van der Waals surface area contributed by atoms with Gasteiger partial charge in [-0.1, -0.05) is 0 Å². The van der Waals surface area contributed by atoms with E-state index in [0.29, 0.717) is 0 Å². The van der Waals surface area contributed by atoms with Crippen LogP contribution in [0.3, 0.4) is 0 Å². The van der Waals surface area contributed by atoms with Crippen molar-refractivity contribution in [2.24, 2.45) is 5.92 Å². The molecule has 5 fully saturated rings. The fourth-order valence-electron chi connectivity index (χ4n) is 12.2. The Morgan fingerprint density at radius 3 is 1.31 bits per heavy atom. The Balaban J connectivity index is 1.57. The maximum atomic E-state index is 3.02. The summed E-state index contributed by atoms with van der Waals surface area (Å²) in [7, 11) is -0.885. The zero-order chi connectivity index (χ0) is 31.9. The van der Waals surface area contributed by atoms with Crippen LogP contribution in [0.25, 0.3) is 0 Å². The van der Waals surface area contributed by atoms with Crippen molar-refractivity contribution in [3.8, 4) is 0 Å². The average Bonchev–Trinajstić information content (AvgIpc) is 3.04. The Morgan fingerprint density at radius 2 is 0.933 bits per heavy atom. The van der Waals surface area contributed by atoms with Gasteiger partial charge in [-0.2, -0.15) is 0 Å². The zero-order valence-corrected chi connectivity index (χ0v) is 38.1. The first-order valence-electron chi connectivity index (χ1n) is 21.1. The normalized spacial score (nSPS) is 26.7. The summed E-state index contributed by atoms with van der Waals surface area (Å²) in [6, 6.07) is 0. The Labute approximate surface area is 292 Å². The first-order chi connectivity index (χ1) is 21.6. The molecule has 0 aromatic rings. The Bertz CT molecular complexity index is 801. The third-order valence-electron chi connectivity index (χ3n) is 14.1. The van der Waals surface area contributed by atoms with Gasteiger partial charge in [-0.3, -0.25) is 0 Å². The van der Waals surface area contributed by atoms with Crippen molar-refractivity contribution in [1.82, 2.24) is 0 Å². The molecule has 0 spiro atoms. The number of hydrogen-bond acceptors (Lipinski definition) is 0. The molecule has 5 saturated carbocycles. The maximum absolute atomic E-state index is 3.02. The van der Waals surface area contributed by atoms with Gasteiger partial charge in [0.1, 0.15) is 0 Å². The van der Waals surface area contributed by atoms with E-state index < -0.39 is 32.6 Å². The van der Waals surface area contributed by atoms with Gasteiger partial charge in [0.05, 0.1) is 0 Å². The van der Waals surface area contributed by atoms with Crippen LogP contribution in [0, 0.1) is 5.92 Å². The van der Waals surface area contributed by atoms with Gasteiger partial charge >= 0.3 is 294 Å². The van der Waals surface area contributed by atoms with Gasteiger partial charge in [0.15, 0.2) is 0 Å². The predicted octanol–water partition coefficient (Wildman–Crippen LogP) is 16.0. The molecule has 0 saturated heterocycles. The summed E-state index contributed by atoms with van der Waals surface area (Å²) in [6.45, 7) is 8.04. The van der Waals surface area contributed by atoms with Gasteiger partial charge in [-0.25, -0.2) is 0 Å². The van der Waals surface area contributed by atoms with Crippen molar-refractivity contribution in [1.29, 1.82) is 0 Å². The molecule has 262 valence electrons. The zero-order valence-electron chi connectivity index (χ0n) is 31.6. The van der Waals surface area contributed by atoms with Crippen LogP contribution in [0.5, 0.6) is 0 Å². The molecule has 5 heteroatoms. The van der Waals surface area contributed by atoms with Gasteiger partial charge in [-0.15, -0.1) is 0 Å². The molecule has 5 aliphatic rings. The Morgan fingerprint density at radius 1 is 0.556 bits per heavy atom. The Kier molecular flexibility index (Phi) is 15.6. The molecule has 0 bridgehead atoms. The minimum atomic E-state index is -1.99. The fourth-order valence-corrected chi connectivity index (χ4v) is 77.9. The molecule has 0 aromatic heterocycles. The van der Waals surface area contributed by atoms with Crippen LogP contribution < -0.4 is 0 Å². The number of rotatable bonds is 13. The third kappa shape index (κ3) is 9.60. The van der Waals surface area contributed by atoms with Gasteiger partial charge in [0.2, 0.25) is 0 Å². The predicted molar refractivity (Wildman–Crippen MR) is 219 cm³/mol. The van der Waals surface area contributed by atoms with Crippen molar-refractivity contribution < 1.29 is 0 Å². The second-order valence-electron chi connectivity index (χ2n) is 19.1. The molecule has 0 radical (unpaired) electrons. The molecule has 0 aliphatic heterocycles. The summed E-state index contributed by atoms with van der Waals surface area (Å²) in [5, 5.41) is 0. The van der Waals surface area contributed by atoms with Gasteiger partial charge in [0.25, 0.3) is 0 Å². The monoisotopic (exact) mass is 801 g/mol. The summed E-state index contributed by atoms with van der Waals surface area (Å²) in [6.07, 6.45) is 45.3. The van der Waals surface area contributed by atoms with Gasteiger partial charge in [0, 0.05) is 0 Å². The first kappa shape index (κ1) is 38.5. The first-order valence-corrected chi connectivity index (χ1v) is 42.0. The average molecular weight is 801 g/mol. The van der Waals surface area contributed by atoms with Crippen molar-refractivity contribution in [2.45, 2.75) is 234 Å². The molecule has 0 N–H and O–H groups in total. The van der Waals surface area contributed by atoms with Crippen molar-refractivity contribution in [2.75, 3.05) is 6.16 Å². The van der Waals surface area contributed by atoms with Crippen molar-refractivity contribution in [3.05, 3.63) is 0 Å². The van der Waals surface area contributed by atoms with E-state index >= 15 is 0 Å². The molecular formula is C40H80P3SiSn+. The SMILES string of the molecule is C[Si](C)(C)[P+](C1CCCCC1)(C1CCCCC1)P(CCC[CH](C1CCCCC1)[Sn]([CH3])([CH3])[CH3])P(C1CCCCC1)C1CCCCC1. The molecule has 0 aromatic carbocycles. The van der Waals surface area contributed by atoms with Crippen LogP contribution in [0.4, 0.5) is 0 Å². The standard InChI is InChI=1S/C37H71P3Si.3CH3.Sn/c1-41(2,3)40(36-28-15-7-16-29-36,37-30-17-8-18-31-37)38(32-20-19-23-33-21-9-4-10-22-33)39(34-24-11-5-12-25-34)35-26-13-6-14-27-35;;;;/h23,33-37H,4-22,24-32H2,1-3H3;3*1H3;/q+1;;;;. The molecule has 5 aliphatic carbocycles. The van der Waals surface area contributed by atoms with E-state index in [0.717, 1.165) is 5.92 Å². The minimum absolute atomic E-state index is 0.226. The van der Waals surface area contributed by atoms with E-state index in [1.165, 1.54) is 33.0 Å². The van der Waals surface area contributed by atoms with Crippen LogP contribution in [-0.2, 0) is 0 Å². The molecule has 2 atom stereocenters. The van der Waals surface area contributed by atoms with Crippen molar-refractivity contribution >= 4 is 47.5 Å². The molecule has 2 unspecified atom stereocenters. The van der Waals surface area contributed by atoms with E-state index in [2.05, 4.69) is 34.5 Å². The molecule has 0 amide bonds. The summed E-state index contributed by atoms with van der Waals surface area (Å²) >= 11 is -1.99. The third-order valence-corrected chi connectivity index (χ3v) is 63.8. The summed E-state index contributed by atoms with van der Waals surface area (Å²) < 4.78 is 1.18. The summed E-state index contributed by atoms with van der Waals surface area (Å²) in [5.41, 5.74) is 4.78. The summed E-state index contributed by atoms with van der Waals surface area (Å²) in [5.74, 6) is 1.12. The second kappa shape index (κ2) is 18.2. The van der Waals surface area contributed by atoms with Crippen LogP contribution in [-0.4, -0.2) is 54.9 Å². The number of hydrogen-bond donors (Lipinski definition) is 0. The van der Waals surface area contributed by atoms with Crippen LogP contribution in [0.1, 0.15) is 173 Å². The van der Waals surface area contributed by atoms with E-state index in [9.17, 15) is 0 Å². The van der Waals surface area contributed by atoms with Crippen LogP contribution >= 0.6 is 21.4 Å². The second-order valence-corrected chi connectivity index (χ2v) is 60.0. The quantitative estimate of drug-likeness (QED) is 0.129. The van der Waals surface area contributed by atoms with E-state index in [4.69, 9.17) is 0 Å². The molecule has 0 nitrogen and oxygen atoms in total. The van der Waals surface area contributed by atoms with Gasteiger partial charge in [-0.05, 0) is 0 Å². The van der Waals surface area contributed by atoms with Crippen molar-refractivity contribution in [3.63, 3.8) is 0 Å². The van der Waals surface area contributed by atoms with Crippen LogP contribution in [0.2, 0.25) is 38.4 Å². The van der Waals surface area contributed by atoms with Crippen LogP contribution in [0.15, 0.2) is 0 Å². The van der Waals surface area contributed by atoms with E-state index in [-0.39, 0.29) is 14.9 Å². The summed E-state index contributed by atoms with van der Waals surface area (Å²) in [4.78, 5) is 8.53. The molecule has 5 rings (SSSR count). The van der Waals surface area contributed by atoms with E-state index in [1.807, 2.05) is 0 Å². The van der Waals surface area contributed by atoms with Gasteiger partial charge < -0.3 is 0 Å². The molecular weight excluding hydrogens is 720 g/mol. The fraction of sp³-hybridized carbons (Fsp3) is 1.00. The molecule has 0 heterocycles. The topological polar surface area (TPSA) is 0 Å². The Hall–Kier alpha value is 2.31. The van der Waals surface area contributed by atoms with E-state index in [1.54, 1.807) is 173 Å².